The normalized spacial score (nSPS) is 11.7. The van der Waals surface area contributed by atoms with Gasteiger partial charge in [0.2, 0.25) is 0 Å². The van der Waals surface area contributed by atoms with Gasteiger partial charge in [-0.3, -0.25) is 14.9 Å². The highest BCUT2D eigenvalue weighted by Crippen LogP contribution is 2.18. The lowest BCUT2D eigenvalue weighted by Crippen LogP contribution is -2.39. The molecular formula is C17H18N2O4. The van der Waals surface area contributed by atoms with Crippen LogP contribution in [-0.4, -0.2) is 28.6 Å². The highest BCUT2D eigenvalue weighted by molar-refractivity contribution is 5.94. The first-order valence-corrected chi connectivity index (χ1v) is 7.22. The predicted octanol–water partition coefficient (Wildman–Crippen LogP) is 2.24. The minimum absolute atomic E-state index is 0.0236. The molecule has 120 valence electrons. The Morgan fingerprint density at radius 3 is 2.52 bits per heavy atom. The fourth-order valence-corrected chi connectivity index (χ4v) is 2.33. The first-order valence-electron chi connectivity index (χ1n) is 7.22. The van der Waals surface area contributed by atoms with Crippen LogP contribution in [0.5, 0.6) is 0 Å². The van der Waals surface area contributed by atoms with Crippen molar-refractivity contribution in [2.45, 2.75) is 19.4 Å². The van der Waals surface area contributed by atoms with Crippen LogP contribution in [0.1, 0.15) is 21.5 Å². The molecule has 2 aromatic rings. The third-order valence-electron chi connectivity index (χ3n) is 3.54. The van der Waals surface area contributed by atoms with E-state index in [1.54, 1.807) is 6.92 Å². The van der Waals surface area contributed by atoms with E-state index >= 15 is 0 Å². The fraction of sp³-hybridized carbons (Fsp3) is 0.235. The van der Waals surface area contributed by atoms with E-state index in [1.807, 2.05) is 30.3 Å². The molecule has 1 amide bonds. The molecule has 0 heterocycles. The maximum absolute atomic E-state index is 12.2. The molecular weight excluding hydrogens is 296 g/mol. The molecule has 1 atom stereocenters. The van der Waals surface area contributed by atoms with Crippen LogP contribution in [0.4, 0.5) is 5.69 Å². The number of hydrogen-bond acceptors (Lipinski definition) is 4. The van der Waals surface area contributed by atoms with Crippen molar-refractivity contribution in [1.82, 2.24) is 5.32 Å². The number of carbonyl (C=O) groups excluding carboxylic acids is 1. The second-order valence-corrected chi connectivity index (χ2v) is 5.30. The average molecular weight is 314 g/mol. The van der Waals surface area contributed by atoms with Crippen LogP contribution in [0.3, 0.4) is 0 Å². The zero-order valence-corrected chi connectivity index (χ0v) is 12.7. The molecule has 0 aliphatic heterocycles. The Labute approximate surface area is 133 Å². The summed E-state index contributed by atoms with van der Waals surface area (Å²) >= 11 is 0. The molecule has 0 saturated carbocycles. The second-order valence-electron chi connectivity index (χ2n) is 5.30. The quantitative estimate of drug-likeness (QED) is 0.631. The third-order valence-corrected chi connectivity index (χ3v) is 3.54. The molecule has 0 bridgehead atoms. The number of hydrogen-bond donors (Lipinski definition) is 2. The van der Waals surface area contributed by atoms with Crippen molar-refractivity contribution in [2.75, 3.05) is 6.61 Å². The van der Waals surface area contributed by atoms with Crippen LogP contribution < -0.4 is 5.32 Å². The van der Waals surface area contributed by atoms with Crippen molar-refractivity contribution in [3.63, 3.8) is 0 Å². The monoisotopic (exact) mass is 314 g/mol. The van der Waals surface area contributed by atoms with Gasteiger partial charge >= 0.3 is 0 Å². The maximum Gasteiger partial charge on any atom is 0.272 e. The number of nitrogens with one attached hydrogen (secondary N) is 1. The number of benzene rings is 2. The van der Waals surface area contributed by atoms with Gasteiger partial charge in [0.05, 0.1) is 17.6 Å². The van der Waals surface area contributed by atoms with E-state index in [0.717, 1.165) is 5.56 Å². The summed E-state index contributed by atoms with van der Waals surface area (Å²) in [6, 6.07) is 13.3. The van der Waals surface area contributed by atoms with Gasteiger partial charge in [-0.05, 0) is 31.0 Å². The van der Waals surface area contributed by atoms with Crippen LogP contribution in [0.15, 0.2) is 48.5 Å². The van der Waals surface area contributed by atoms with Crippen LogP contribution in [0.2, 0.25) is 0 Å². The molecule has 0 saturated heterocycles. The van der Waals surface area contributed by atoms with Gasteiger partial charge in [-0.25, -0.2) is 0 Å². The summed E-state index contributed by atoms with van der Waals surface area (Å²) in [5.41, 5.74) is 1.74. The summed E-state index contributed by atoms with van der Waals surface area (Å²) in [5.74, 6) is -0.363. The van der Waals surface area contributed by atoms with Gasteiger partial charge in [0.1, 0.15) is 0 Å². The van der Waals surface area contributed by atoms with Crippen LogP contribution in [0, 0.1) is 17.0 Å². The molecule has 0 spiro atoms. The van der Waals surface area contributed by atoms with Gasteiger partial charge < -0.3 is 10.4 Å². The van der Waals surface area contributed by atoms with Crippen molar-refractivity contribution in [3.05, 3.63) is 75.3 Å². The summed E-state index contributed by atoms with van der Waals surface area (Å²) < 4.78 is 0. The number of nitro benzene ring substituents is 1. The Hall–Kier alpha value is -2.73. The smallest absolute Gasteiger partial charge is 0.272 e. The van der Waals surface area contributed by atoms with Crippen molar-refractivity contribution >= 4 is 11.6 Å². The molecule has 0 aliphatic rings. The predicted molar refractivity (Wildman–Crippen MR) is 86.3 cm³/mol. The highest BCUT2D eigenvalue weighted by Gasteiger charge is 2.17. The standard InChI is InChI=1S/C17H18N2O4/c1-12-9-14(7-8-16(12)19(22)23)17(21)18-15(11-20)10-13-5-3-2-4-6-13/h2-9,15,20H,10-11H2,1H3,(H,18,21)/t15-/m0/s1. The van der Waals surface area contributed by atoms with E-state index in [0.29, 0.717) is 17.5 Å². The summed E-state index contributed by atoms with van der Waals surface area (Å²) in [4.78, 5) is 22.6. The first-order chi connectivity index (χ1) is 11.0. The lowest BCUT2D eigenvalue weighted by atomic mass is 10.1. The number of aryl methyl sites for hydroxylation is 1. The van der Waals surface area contributed by atoms with Crippen LogP contribution in [-0.2, 0) is 6.42 Å². The third kappa shape index (κ3) is 4.37. The minimum Gasteiger partial charge on any atom is -0.394 e. The molecule has 0 fully saturated rings. The second kappa shape index (κ2) is 7.51. The van der Waals surface area contributed by atoms with Gasteiger partial charge in [0, 0.05) is 17.2 Å². The van der Waals surface area contributed by atoms with E-state index in [9.17, 15) is 20.0 Å². The molecule has 0 unspecified atom stereocenters. The van der Waals surface area contributed by atoms with Crippen molar-refractivity contribution < 1.29 is 14.8 Å². The van der Waals surface area contributed by atoms with Crippen LogP contribution in [0.25, 0.3) is 0 Å². The molecule has 0 radical (unpaired) electrons. The Bertz CT molecular complexity index is 701. The molecule has 2 rings (SSSR count). The number of aliphatic hydroxyl groups is 1. The summed E-state index contributed by atoms with van der Waals surface area (Å²) in [6.45, 7) is 1.40. The molecule has 23 heavy (non-hydrogen) atoms. The van der Waals surface area contributed by atoms with Gasteiger partial charge in [-0.2, -0.15) is 0 Å². The molecule has 0 aliphatic carbocycles. The van der Waals surface area contributed by atoms with E-state index in [-0.39, 0.29) is 18.2 Å². The lowest BCUT2D eigenvalue weighted by molar-refractivity contribution is -0.385. The summed E-state index contributed by atoms with van der Waals surface area (Å²) in [7, 11) is 0. The average Bonchev–Trinajstić information content (AvgIpc) is 2.54. The van der Waals surface area contributed by atoms with E-state index in [2.05, 4.69) is 5.32 Å². The number of amides is 1. The fourth-order valence-electron chi connectivity index (χ4n) is 2.33. The number of aliphatic hydroxyl groups excluding tert-OH is 1. The topological polar surface area (TPSA) is 92.5 Å². The molecule has 6 heteroatoms. The molecule has 6 nitrogen and oxygen atoms in total. The maximum atomic E-state index is 12.2. The zero-order chi connectivity index (χ0) is 16.8. The van der Waals surface area contributed by atoms with E-state index in [4.69, 9.17) is 0 Å². The van der Waals surface area contributed by atoms with Gasteiger partial charge in [-0.1, -0.05) is 30.3 Å². The van der Waals surface area contributed by atoms with Crippen molar-refractivity contribution in [1.29, 1.82) is 0 Å². The van der Waals surface area contributed by atoms with Crippen LogP contribution >= 0.6 is 0 Å². The van der Waals surface area contributed by atoms with E-state index < -0.39 is 11.0 Å². The molecule has 0 aromatic heterocycles. The minimum atomic E-state index is -0.483. The zero-order valence-electron chi connectivity index (χ0n) is 12.7. The lowest BCUT2D eigenvalue weighted by Gasteiger charge is -2.16. The largest absolute Gasteiger partial charge is 0.394 e. The highest BCUT2D eigenvalue weighted by atomic mass is 16.6. The van der Waals surface area contributed by atoms with Gasteiger partial charge in [-0.15, -0.1) is 0 Å². The number of rotatable bonds is 6. The summed E-state index contributed by atoms with van der Waals surface area (Å²) in [5, 5.41) is 23.0. The van der Waals surface area contributed by atoms with Crippen molar-refractivity contribution in [2.24, 2.45) is 0 Å². The molecule has 2 aromatic carbocycles. The summed E-state index contributed by atoms with van der Waals surface area (Å²) in [6.07, 6.45) is 0.509. The van der Waals surface area contributed by atoms with Gasteiger partial charge in [0.25, 0.3) is 11.6 Å². The van der Waals surface area contributed by atoms with Crippen molar-refractivity contribution in [3.8, 4) is 0 Å². The number of nitrogens with zero attached hydrogens (tertiary/aromatic N) is 1. The first kappa shape index (κ1) is 16.6. The molecule has 2 N–H and O–H groups in total. The Morgan fingerprint density at radius 1 is 1.26 bits per heavy atom. The number of carbonyl (C=O) groups is 1. The Kier molecular flexibility index (Phi) is 5.43. The Balaban J connectivity index is 2.07. The van der Waals surface area contributed by atoms with E-state index in [1.165, 1.54) is 18.2 Å². The Morgan fingerprint density at radius 2 is 1.96 bits per heavy atom. The van der Waals surface area contributed by atoms with Gasteiger partial charge in [0.15, 0.2) is 0 Å². The number of nitro groups is 1. The SMILES string of the molecule is Cc1cc(C(=O)N[C@H](CO)Cc2ccccc2)ccc1[N+](=O)[O-].